The Balaban J connectivity index is 0.000000191. The van der Waals surface area contributed by atoms with Crippen LogP contribution in [0.2, 0.25) is 0 Å². The van der Waals surface area contributed by atoms with Crippen molar-refractivity contribution >= 4 is 23.3 Å². The van der Waals surface area contributed by atoms with Gasteiger partial charge in [0.25, 0.3) is 11.5 Å². The number of nitrogens with one attached hydrogen (secondary N) is 1. The number of rotatable bonds is 6. The number of halogens is 5. The van der Waals surface area contributed by atoms with Crippen molar-refractivity contribution in [3.05, 3.63) is 74.7 Å². The number of hydrogen-bond donors (Lipinski definition) is 2. The number of anilines is 2. The molecule has 0 radical (unpaired) electrons. The van der Waals surface area contributed by atoms with Crippen molar-refractivity contribution in [2.75, 3.05) is 55.8 Å². The van der Waals surface area contributed by atoms with Crippen LogP contribution in [-0.4, -0.2) is 79.8 Å². The average Bonchev–Trinajstić information content (AvgIpc) is 3.02. The summed E-state index contributed by atoms with van der Waals surface area (Å²) in [6, 6.07) is 5.46. The first-order valence-corrected chi connectivity index (χ1v) is 15.8. The van der Waals surface area contributed by atoms with Gasteiger partial charge in [-0.25, -0.2) is 8.78 Å². The molecular formula is C34H37F5N4O6. The number of nitrogens with zero attached hydrogens (tertiary/aromatic N) is 3. The minimum absolute atomic E-state index is 0.0589. The van der Waals surface area contributed by atoms with E-state index < -0.39 is 60.1 Å². The number of aliphatic carboxylic acids is 1. The van der Waals surface area contributed by atoms with Gasteiger partial charge in [-0.05, 0) is 62.4 Å². The number of fused-ring (bicyclic) bond motifs is 1. The molecule has 1 atom stereocenters. The van der Waals surface area contributed by atoms with Gasteiger partial charge >= 0.3 is 12.1 Å². The van der Waals surface area contributed by atoms with Gasteiger partial charge in [-0.15, -0.1) is 0 Å². The highest BCUT2D eigenvalue weighted by Crippen LogP contribution is 2.41. The molecule has 6 rings (SSSR count). The number of benzene rings is 2. The van der Waals surface area contributed by atoms with Crippen LogP contribution in [0.5, 0.6) is 5.75 Å². The van der Waals surface area contributed by atoms with E-state index in [4.69, 9.17) is 14.6 Å². The number of carbonyl (C=O) groups excluding carboxylic acids is 1. The van der Waals surface area contributed by atoms with E-state index in [1.54, 1.807) is 9.88 Å². The molecule has 1 unspecified atom stereocenters. The van der Waals surface area contributed by atoms with E-state index in [1.807, 2.05) is 14.0 Å². The van der Waals surface area contributed by atoms with Gasteiger partial charge in [0.2, 0.25) is 0 Å². The zero-order chi connectivity index (χ0) is 35.6. The molecule has 3 aromatic rings. The first-order valence-electron chi connectivity index (χ1n) is 15.8. The minimum atomic E-state index is -4.68. The van der Waals surface area contributed by atoms with Crippen LogP contribution in [0, 0.1) is 25.5 Å². The molecule has 2 saturated heterocycles. The standard InChI is InChI=1S/C20H24N2O2.C14H13F5N2O4/c1-13-7-8-16(19-15(13)6-4-11-24-19)18-17(22-9-5-10-22)12-14(2)21(3)20(18)23;15-8-3-7(21-1-2-25-6-10(21)14(17,18)19)4-9(16)12(8)13(24)20-5-11(22)23/h7-8,12H,4-6,9-11H2,1-3H3;3-4,10H,1-2,5-6H2,(H,20,24)(H,22,23). The number of aromatic nitrogens is 1. The highest BCUT2D eigenvalue weighted by atomic mass is 19.4. The summed E-state index contributed by atoms with van der Waals surface area (Å²) >= 11 is 0. The SMILES string of the molecule is Cc1ccc(-c2c(N3CCC3)cc(C)n(C)c2=O)c2c1CCCO2.O=C(O)CNC(=O)c1c(F)cc(N2CCOCC2C(F)(F)F)cc1F. The lowest BCUT2D eigenvalue weighted by Gasteiger charge is -2.38. The van der Waals surface area contributed by atoms with Crippen molar-refractivity contribution < 1.29 is 46.1 Å². The van der Waals surface area contributed by atoms with Gasteiger partial charge in [-0.1, -0.05) is 12.1 Å². The Morgan fingerprint density at radius 3 is 2.33 bits per heavy atom. The van der Waals surface area contributed by atoms with Crippen LogP contribution in [0.15, 0.2) is 35.1 Å². The maximum absolute atomic E-state index is 14.1. The Morgan fingerprint density at radius 1 is 1.02 bits per heavy atom. The largest absolute Gasteiger partial charge is 0.493 e. The Bertz CT molecular complexity index is 1780. The molecule has 10 nitrogen and oxygen atoms in total. The Hall–Kier alpha value is -4.66. The predicted octanol–water partition coefficient (Wildman–Crippen LogP) is 4.75. The molecule has 0 bridgehead atoms. The lowest BCUT2D eigenvalue weighted by Crippen LogP contribution is -2.53. The van der Waals surface area contributed by atoms with E-state index in [-0.39, 0.29) is 18.7 Å². The van der Waals surface area contributed by atoms with Gasteiger partial charge in [-0.3, -0.25) is 14.4 Å². The van der Waals surface area contributed by atoms with Gasteiger partial charge in [-0.2, -0.15) is 13.2 Å². The third-order valence-electron chi connectivity index (χ3n) is 8.92. The minimum Gasteiger partial charge on any atom is -0.493 e. The van der Waals surface area contributed by atoms with Gasteiger partial charge in [0, 0.05) is 43.6 Å². The van der Waals surface area contributed by atoms with Crippen LogP contribution in [0.25, 0.3) is 11.1 Å². The van der Waals surface area contributed by atoms with E-state index >= 15 is 0 Å². The number of aryl methyl sites for hydroxylation is 2. The van der Waals surface area contributed by atoms with E-state index in [0.29, 0.717) is 12.1 Å². The molecular weight excluding hydrogens is 655 g/mol. The average molecular weight is 693 g/mol. The second-order valence-electron chi connectivity index (χ2n) is 12.1. The molecule has 0 aliphatic carbocycles. The highest BCUT2D eigenvalue weighted by Gasteiger charge is 2.46. The maximum atomic E-state index is 14.1. The third-order valence-corrected chi connectivity index (χ3v) is 8.92. The fourth-order valence-corrected chi connectivity index (χ4v) is 6.06. The smallest absolute Gasteiger partial charge is 0.411 e. The molecule has 15 heteroatoms. The number of alkyl halides is 3. The van der Waals surface area contributed by atoms with E-state index in [2.05, 4.69) is 30.0 Å². The number of amides is 1. The van der Waals surface area contributed by atoms with Crippen LogP contribution in [-0.2, 0) is 23.0 Å². The van der Waals surface area contributed by atoms with Crippen LogP contribution < -0.4 is 25.4 Å². The topological polar surface area (TPSA) is 113 Å². The summed E-state index contributed by atoms with van der Waals surface area (Å²) < 4.78 is 79.8. The van der Waals surface area contributed by atoms with Crippen LogP contribution >= 0.6 is 0 Å². The van der Waals surface area contributed by atoms with Crippen molar-refractivity contribution in [2.24, 2.45) is 7.05 Å². The van der Waals surface area contributed by atoms with Gasteiger partial charge in [0.15, 0.2) is 0 Å². The van der Waals surface area contributed by atoms with Crippen molar-refractivity contribution in [3.8, 4) is 16.9 Å². The quantitative estimate of drug-likeness (QED) is 0.356. The van der Waals surface area contributed by atoms with Crippen molar-refractivity contribution in [1.82, 2.24) is 9.88 Å². The molecule has 1 aromatic heterocycles. The van der Waals surface area contributed by atoms with Gasteiger partial charge in [0.1, 0.15) is 35.5 Å². The summed E-state index contributed by atoms with van der Waals surface area (Å²) in [6.07, 6.45) is -1.41. The van der Waals surface area contributed by atoms with E-state index in [0.717, 1.165) is 65.7 Å². The van der Waals surface area contributed by atoms with Crippen LogP contribution in [0.1, 0.15) is 40.0 Å². The Morgan fingerprint density at radius 2 is 1.71 bits per heavy atom. The second kappa shape index (κ2) is 14.4. The fraction of sp³-hybridized carbons (Fsp3) is 0.441. The van der Waals surface area contributed by atoms with E-state index in [9.17, 15) is 36.3 Å². The zero-order valence-corrected chi connectivity index (χ0v) is 27.3. The number of ether oxygens (including phenoxy) is 2. The maximum Gasteiger partial charge on any atom is 0.411 e. The number of carbonyl (C=O) groups is 2. The Labute approximate surface area is 279 Å². The fourth-order valence-electron chi connectivity index (χ4n) is 6.06. The molecule has 264 valence electrons. The summed E-state index contributed by atoms with van der Waals surface area (Å²) in [4.78, 5) is 38.2. The first-order chi connectivity index (χ1) is 23.2. The summed E-state index contributed by atoms with van der Waals surface area (Å²) in [7, 11) is 1.85. The van der Waals surface area contributed by atoms with E-state index in [1.165, 1.54) is 17.5 Å². The van der Waals surface area contributed by atoms with Crippen LogP contribution in [0.3, 0.4) is 0 Å². The monoisotopic (exact) mass is 692 g/mol. The molecule has 1 amide bonds. The van der Waals surface area contributed by atoms with Crippen molar-refractivity contribution in [1.29, 1.82) is 0 Å². The van der Waals surface area contributed by atoms with Gasteiger partial charge < -0.3 is 34.3 Å². The van der Waals surface area contributed by atoms with Gasteiger partial charge in [0.05, 0.1) is 31.1 Å². The van der Waals surface area contributed by atoms with Crippen LogP contribution in [0.4, 0.5) is 33.3 Å². The molecule has 2 N–H and O–H groups in total. The number of carboxylic acids is 1. The lowest BCUT2D eigenvalue weighted by atomic mass is 9.93. The summed E-state index contributed by atoms with van der Waals surface area (Å²) in [6.45, 7) is 5.05. The highest BCUT2D eigenvalue weighted by molar-refractivity contribution is 5.96. The predicted molar refractivity (Wildman–Crippen MR) is 172 cm³/mol. The normalized spacial score (nSPS) is 17.3. The third kappa shape index (κ3) is 7.51. The number of morpholine rings is 1. The molecule has 3 aliphatic rings. The number of hydrogen-bond acceptors (Lipinski definition) is 7. The Kier molecular flexibility index (Phi) is 10.5. The first kappa shape index (κ1) is 35.6. The zero-order valence-electron chi connectivity index (χ0n) is 27.3. The number of carboxylic acid groups (broad SMARTS) is 1. The van der Waals surface area contributed by atoms with Crippen molar-refractivity contribution in [3.63, 3.8) is 0 Å². The molecule has 4 heterocycles. The molecule has 49 heavy (non-hydrogen) atoms. The molecule has 2 aromatic carbocycles. The second-order valence-corrected chi connectivity index (χ2v) is 12.1. The molecule has 0 spiro atoms. The summed E-state index contributed by atoms with van der Waals surface area (Å²) in [5.74, 6) is -4.62. The van der Waals surface area contributed by atoms with Crippen molar-refractivity contribution in [2.45, 2.75) is 45.3 Å². The lowest BCUT2D eigenvalue weighted by molar-refractivity contribution is -0.167. The summed E-state index contributed by atoms with van der Waals surface area (Å²) in [5.41, 5.74) is 4.92. The molecule has 2 fully saturated rings. The summed E-state index contributed by atoms with van der Waals surface area (Å²) in [5, 5.41) is 10.2. The number of pyridine rings is 1. The molecule has 3 aliphatic heterocycles. The molecule has 0 saturated carbocycles.